The molecule has 1 atom stereocenters. The molecule has 0 aromatic rings. The number of hydrogen-bond acceptors (Lipinski definition) is 2. The Morgan fingerprint density at radius 3 is 2.00 bits per heavy atom. The van der Waals surface area contributed by atoms with Crippen LogP contribution in [-0.4, -0.2) is 4.55 Å². The van der Waals surface area contributed by atoms with E-state index in [1.54, 1.807) is 0 Å². The van der Waals surface area contributed by atoms with Gasteiger partial charge in [-0.2, -0.15) is 0 Å². The Morgan fingerprint density at radius 1 is 1.80 bits per heavy atom. The maximum Gasteiger partial charge on any atom is 0.347 e. The number of hydrogen-bond donors (Lipinski definition) is 0. The molecule has 0 amide bonds. The predicted octanol–water partition coefficient (Wildman–Crippen LogP) is 1.15. The van der Waals surface area contributed by atoms with Crippen LogP contribution in [0.15, 0.2) is 0 Å². The van der Waals surface area contributed by atoms with E-state index < -0.39 is 21.8 Å². The van der Waals surface area contributed by atoms with Gasteiger partial charge in [0.15, 0.2) is 0 Å². The van der Waals surface area contributed by atoms with Crippen LogP contribution in [-0.2, 0) is 10.6 Å². The van der Waals surface area contributed by atoms with Gasteiger partial charge in [0.25, 0.3) is 10.6 Å². The molecule has 1 unspecified atom stereocenters. The first-order chi connectivity index (χ1) is 2.27. The highest BCUT2D eigenvalue weighted by Crippen LogP contribution is 2.12. The number of halogens is 2. The van der Waals surface area contributed by atoms with Crippen molar-refractivity contribution in [1.29, 1.82) is 0 Å². The zero-order chi connectivity index (χ0) is 4.28. The van der Waals surface area contributed by atoms with Crippen LogP contribution < -0.4 is 0 Å². The third-order valence-electron chi connectivity index (χ3n) is 0.0495. The lowest BCUT2D eigenvalue weighted by Gasteiger charge is -1.76. The van der Waals surface area contributed by atoms with Gasteiger partial charge in [0.1, 0.15) is 0 Å². The van der Waals surface area contributed by atoms with Gasteiger partial charge in [0, 0.05) is 3.89 Å². The van der Waals surface area contributed by atoms with E-state index in [4.69, 9.17) is 4.55 Å². The van der Waals surface area contributed by atoms with Gasteiger partial charge >= 0.3 is 11.2 Å². The zero-order valence-electron chi connectivity index (χ0n) is 1.98. The Hall–Kier alpha value is 0.520. The van der Waals surface area contributed by atoms with E-state index in [9.17, 15) is 7.77 Å². The summed E-state index contributed by atoms with van der Waals surface area (Å²) in [4.78, 5) is 0. The summed E-state index contributed by atoms with van der Waals surface area (Å²) in [5, 5.41) is 0. The van der Waals surface area contributed by atoms with Crippen LogP contribution in [0.25, 0.3) is 0 Å². The minimum Gasteiger partial charge on any atom is -0.566 e. The van der Waals surface area contributed by atoms with Crippen molar-refractivity contribution in [3.05, 3.63) is 0 Å². The van der Waals surface area contributed by atoms with Crippen molar-refractivity contribution in [1.82, 2.24) is 0 Å². The van der Waals surface area contributed by atoms with E-state index >= 15 is 0 Å². The standard InChI is InChI=1S/F2OS2/c1-4-5(2)3. The smallest absolute Gasteiger partial charge is 0.347 e. The average Bonchev–Trinajstić information content (AvgIpc) is 1.38. The summed E-state index contributed by atoms with van der Waals surface area (Å²) in [6, 6.07) is 0. The number of rotatable bonds is 1. The molecule has 0 spiro atoms. The third-order valence-corrected chi connectivity index (χ3v) is 0.446. The van der Waals surface area contributed by atoms with Crippen LogP contribution in [0.2, 0.25) is 0 Å². The normalized spacial score (nSPS) is 15.0. The lowest BCUT2D eigenvalue weighted by Crippen LogP contribution is -1.72. The van der Waals surface area contributed by atoms with E-state index in [1.165, 1.54) is 0 Å². The van der Waals surface area contributed by atoms with Crippen LogP contribution in [0.5, 0.6) is 0 Å². The van der Waals surface area contributed by atoms with E-state index in [0.717, 1.165) is 0 Å². The van der Waals surface area contributed by atoms with E-state index in [0.29, 0.717) is 0 Å². The van der Waals surface area contributed by atoms with Crippen LogP contribution >= 0.6 is 11.2 Å². The Bertz CT molecular complexity index is 21.6. The van der Waals surface area contributed by atoms with Gasteiger partial charge in [-0.15, -0.1) is 3.89 Å². The summed E-state index contributed by atoms with van der Waals surface area (Å²) in [5.74, 6) is 0. The second-order valence-corrected chi connectivity index (χ2v) is 1.94. The highest BCUT2D eigenvalue weighted by molar-refractivity contribution is 8.68. The highest BCUT2D eigenvalue weighted by atomic mass is 33.2. The van der Waals surface area contributed by atoms with Crippen molar-refractivity contribution in [2.45, 2.75) is 0 Å². The molecule has 0 heterocycles. The summed E-state index contributed by atoms with van der Waals surface area (Å²) in [5.41, 5.74) is 0. The second kappa shape index (κ2) is 2.74. The van der Waals surface area contributed by atoms with Crippen LogP contribution in [0.1, 0.15) is 0 Å². The minimum absolute atomic E-state index is 0.815. The highest BCUT2D eigenvalue weighted by Gasteiger charge is 2.02. The van der Waals surface area contributed by atoms with Crippen molar-refractivity contribution in [3.8, 4) is 0 Å². The van der Waals surface area contributed by atoms with E-state index in [1.807, 2.05) is 0 Å². The molecule has 0 saturated carbocycles. The molecule has 0 aromatic heterocycles. The van der Waals surface area contributed by atoms with E-state index in [-0.39, 0.29) is 0 Å². The maximum atomic E-state index is 10.5. The fourth-order valence-corrected chi connectivity index (χ4v) is 0. The van der Waals surface area contributed by atoms with Crippen molar-refractivity contribution in [2.75, 3.05) is 0 Å². The predicted molar refractivity (Wildman–Crippen MR) is 17.9 cm³/mol. The molecular weight excluding hydrogens is 118 g/mol. The quantitative estimate of drug-likeness (QED) is 0.381. The average molecular weight is 118 g/mol. The van der Waals surface area contributed by atoms with Crippen molar-refractivity contribution in [3.63, 3.8) is 0 Å². The molecular formula is F2OS2. The fourth-order valence-electron chi connectivity index (χ4n) is 0. The molecule has 0 aliphatic carbocycles. The molecule has 0 radical (unpaired) electrons. The minimum atomic E-state index is -2.82. The van der Waals surface area contributed by atoms with Crippen LogP contribution in [0.3, 0.4) is 0 Å². The lowest BCUT2D eigenvalue weighted by atomic mass is 15.9. The monoisotopic (exact) mass is 118 g/mol. The van der Waals surface area contributed by atoms with Crippen LogP contribution in [0, 0.1) is 0 Å². The maximum absolute atomic E-state index is 10.5. The summed E-state index contributed by atoms with van der Waals surface area (Å²) < 4.78 is 29.7. The first-order valence-corrected chi connectivity index (χ1v) is 2.93. The van der Waals surface area contributed by atoms with Gasteiger partial charge in [-0.05, 0) is 0 Å². The van der Waals surface area contributed by atoms with Gasteiger partial charge in [0.2, 0.25) is 0 Å². The molecule has 5 heavy (non-hydrogen) atoms. The molecule has 32 valence electrons. The SMILES string of the molecule is [O-][S+](F)SF. The van der Waals surface area contributed by atoms with Crippen molar-refractivity contribution < 1.29 is 12.3 Å². The van der Waals surface area contributed by atoms with Gasteiger partial charge in [-0.1, -0.05) is 0 Å². The zero-order valence-corrected chi connectivity index (χ0v) is 3.61. The first-order valence-electron chi connectivity index (χ1n) is 0.642. The van der Waals surface area contributed by atoms with Gasteiger partial charge < -0.3 is 4.55 Å². The molecule has 0 aliphatic heterocycles. The summed E-state index contributed by atoms with van der Waals surface area (Å²) in [7, 11) is -2.82. The molecule has 0 rings (SSSR count). The summed E-state index contributed by atoms with van der Waals surface area (Å²) in [6.07, 6.45) is 0. The molecule has 0 bridgehead atoms. The topological polar surface area (TPSA) is 23.1 Å². The van der Waals surface area contributed by atoms with Gasteiger partial charge in [0.05, 0.1) is 0 Å². The molecule has 1 nitrogen and oxygen atoms in total. The van der Waals surface area contributed by atoms with E-state index in [2.05, 4.69) is 0 Å². The third kappa shape index (κ3) is 4.52. The van der Waals surface area contributed by atoms with Crippen molar-refractivity contribution in [2.24, 2.45) is 0 Å². The molecule has 0 saturated heterocycles. The summed E-state index contributed by atoms with van der Waals surface area (Å²) >= 11 is -0.815. The van der Waals surface area contributed by atoms with Gasteiger partial charge in [-0.3, -0.25) is 0 Å². The fraction of sp³-hybridized carbons (Fsp3) is 0. The Kier molecular flexibility index (Phi) is 3.03. The second-order valence-electron chi connectivity index (χ2n) is 0.257. The molecule has 0 fully saturated rings. The lowest BCUT2D eigenvalue weighted by molar-refractivity contribution is 0.568. The molecule has 0 aliphatic rings. The molecule has 0 N–H and O–H groups in total. The first kappa shape index (κ1) is 5.52. The Labute approximate surface area is 34.9 Å². The Balaban J connectivity index is 2.54. The van der Waals surface area contributed by atoms with Crippen molar-refractivity contribution >= 4 is 21.8 Å². The van der Waals surface area contributed by atoms with Crippen LogP contribution in [0.4, 0.5) is 7.77 Å². The molecule has 0 aromatic carbocycles. The largest absolute Gasteiger partial charge is 0.566 e. The summed E-state index contributed by atoms with van der Waals surface area (Å²) in [6.45, 7) is 0. The Morgan fingerprint density at radius 2 is 2.00 bits per heavy atom. The van der Waals surface area contributed by atoms with Gasteiger partial charge in [-0.25, -0.2) is 0 Å². The molecule has 5 heteroatoms.